The fourth-order valence-electron chi connectivity index (χ4n) is 1.83. The van der Waals surface area contributed by atoms with Crippen LogP contribution in [-0.4, -0.2) is 32.2 Å². The highest BCUT2D eigenvalue weighted by molar-refractivity contribution is 7.92. The largest absolute Gasteiger partial charge is 0.320 e. The molecule has 96 valence electrons. The van der Waals surface area contributed by atoms with Crippen molar-refractivity contribution in [1.29, 1.82) is 0 Å². The Bertz CT molecular complexity index is 587. The number of nitrogens with zero attached hydrogens (tertiary/aromatic N) is 2. The summed E-state index contributed by atoms with van der Waals surface area (Å²) < 4.78 is 25.2. The molecule has 0 aromatic carbocycles. The van der Waals surface area contributed by atoms with Gasteiger partial charge in [-0.05, 0) is 25.0 Å². The highest BCUT2D eigenvalue weighted by Crippen LogP contribution is 2.21. The minimum Gasteiger partial charge on any atom is -0.320 e. The Morgan fingerprint density at radius 3 is 3.00 bits per heavy atom. The first-order chi connectivity index (χ1) is 8.63. The van der Waals surface area contributed by atoms with Crippen LogP contribution in [0.15, 0.2) is 18.3 Å². The van der Waals surface area contributed by atoms with Crippen molar-refractivity contribution in [2.24, 2.45) is 5.73 Å². The maximum atomic E-state index is 11.9. The lowest BCUT2D eigenvalue weighted by Gasteiger charge is -2.27. The van der Waals surface area contributed by atoms with Gasteiger partial charge < -0.3 is 5.73 Å². The number of pyridine rings is 1. The van der Waals surface area contributed by atoms with Crippen LogP contribution in [0.4, 0.5) is 5.82 Å². The van der Waals surface area contributed by atoms with Crippen molar-refractivity contribution in [2.75, 3.05) is 23.1 Å². The fourth-order valence-corrected chi connectivity index (χ4v) is 3.41. The molecule has 1 aliphatic heterocycles. The summed E-state index contributed by atoms with van der Waals surface area (Å²) in [4.78, 5) is 4.11. The molecule has 1 aromatic heterocycles. The van der Waals surface area contributed by atoms with Crippen LogP contribution in [0.3, 0.4) is 0 Å². The molecule has 0 spiro atoms. The molecule has 0 aliphatic carbocycles. The van der Waals surface area contributed by atoms with E-state index in [4.69, 9.17) is 5.73 Å². The molecular weight excluding hydrogens is 250 g/mol. The van der Waals surface area contributed by atoms with Crippen LogP contribution in [-0.2, 0) is 10.0 Å². The quantitative estimate of drug-likeness (QED) is 0.742. The van der Waals surface area contributed by atoms with Crippen LogP contribution in [0.2, 0.25) is 0 Å². The summed E-state index contributed by atoms with van der Waals surface area (Å²) in [6.45, 7) is 0.767. The van der Waals surface area contributed by atoms with Crippen LogP contribution in [0.5, 0.6) is 0 Å². The van der Waals surface area contributed by atoms with E-state index in [-0.39, 0.29) is 12.3 Å². The predicted octanol–water partition coefficient (Wildman–Crippen LogP) is 0.322. The van der Waals surface area contributed by atoms with E-state index in [9.17, 15) is 8.42 Å². The van der Waals surface area contributed by atoms with E-state index in [1.807, 2.05) is 0 Å². The Kier molecular flexibility index (Phi) is 3.84. The number of hydrogen-bond acceptors (Lipinski definition) is 4. The Morgan fingerprint density at radius 2 is 2.28 bits per heavy atom. The van der Waals surface area contributed by atoms with Gasteiger partial charge in [0.05, 0.1) is 12.3 Å². The number of sulfonamides is 1. The zero-order valence-corrected chi connectivity index (χ0v) is 10.8. The smallest absolute Gasteiger partial charge is 0.236 e. The van der Waals surface area contributed by atoms with Crippen LogP contribution in [0.1, 0.15) is 18.4 Å². The van der Waals surface area contributed by atoms with E-state index >= 15 is 0 Å². The molecule has 0 amide bonds. The van der Waals surface area contributed by atoms with Crippen LogP contribution >= 0.6 is 0 Å². The van der Waals surface area contributed by atoms with E-state index < -0.39 is 10.0 Å². The molecule has 2 N–H and O–H groups in total. The van der Waals surface area contributed by atoms with Crippen molar-refractivity contribution in [3.63, 3.8) is 0 Å². The second-order valence-corrected chi connectivity index (χ2v) is 6.02. The standard InChI is InChI=1S/C12H15N3O2S/c13-6-3-4-11-5-7-14-12(10-11)15-8-1-2-9-18(15,16)17/h5,7,10H,1-2,6,8-9,13H2. The summed E-state index contributed by atoms with van der Waals surface area (Å²) in [5.74, 6) is 6.24. The summed E-state index contributed by atoms with van der Waals surface area (Å²) in [7, 11) is -3.22. The van der Waals surface area contributed by atoms with Gasteiger partial charge >= 0.3 is 0 Å². The molecular formula is C12H15N3O2S. The topological polar surface area (TPSA) is 76.3 Å². The highest BCUT2D eigenvalue weighted by Gasteiger charge is 2.26. The lowest BCUT2D eigenvalue weighted by atomic mass is 10.2. The zero-order chi connectivity index (χ0) is 13.0. The Balaban J connectivity index is 2.33. The van der Waals surface area contributed by atoms with Crippen molar-refractivity contribution in [3.8, 4) is 11.8 Å². The highest BCUT2D eigenvalue weighted by atomic mass is 32.2. The second kappa shape index (κ2) is 5.38. The summed E-state index contributed by atoms with van der Waals surface area (Å²) in [6, 6.07) is 3.42. The number of rotatable bonds is 1. The molecule has 2 heterocycles. The molecule has 2 rings (SSSR count). The fraction of sp³-hybridized carbons (Fsp3) is 0.417. The molecule has 6 heteroatoms. The van der Waals surface area contributed by atoms with Gasteiger partial charge in [-0.25, -0.2) is 13.4 Å². The molecule has 0 atom stereocenters. The van der Waals surface area contributed by atoms with Crippen LogP contribution in [0, 0.1) is 11.8 Å². The molecule has 0 unspecified atom stereocenters. The van der Waals surface area contributed by atoms with Crippen molar-refractivity contribution in [3.05, 3.63) is 23.9 Å². The van der Waals surface area contributed by atoms with Gasteiger partial charge in [-0.1, -0.05) is 11.8 Å². The van der Waals surface area contributed by atoms with Gasteiger partial charge in [-0.15, -0.1) is 0 Å². The van der Waals surface area contributed by atoms with E-state index in [0.717, 1.165) is 12.0 Å². The zero-order valence-electron chi connectivity index (χ0n) is 9.96. The minimum absolute atomic E-state index is 0.188. The molecule has 0 bridgehead atoms. The molecule has 1 saturated heterocycles. The molecule has 1 aromatic rings. The average Bonchev–Trinajstić information content (AvgIpc) is 2.36. The van der Waals surface area contributed by atoms with Gasteiger partial charge in [-0.2, -0.15) is 0 Å². The van der Waals surface area contributed by atoms with Crippen molar-refractivity contribution >= 4 is 15.8 Å². The molecule has 1 fully saturated rings. The Hall–Kier alpha value is -1.58. The minimum atomic E-state index is -3.22. The third-order valence-electron chi connectivity index (χ3n) is 2.69. The maximum absolute atomic E-state index is 11.9. The Morgan fingerprint density at radius 1 is 1.44 bits per heavy atom. The first-order valence-corrected chi connectivity index (χ1v) is 7.40. The lowest BCUT2D eigenvalue weighted by Crippen LogP contribution is -2.38. The van der Waals surface area contributed by atoms with Gasteiger partial charge in [-0.3, -0.25) is 4.31 Å². The molecule has 0 saturated carbocycles. The lowest BCUT2D eigenvalue weighted by molar-refractivity contribution is 0.573. The third kappa shape index (κ3) is 2.81. The van der Waals surface area contributed by atoms with Gasteiger partial charge in [0, 0.05) is 18.3 Å². The normalized spacial score (nSPS) is 17.9. The van der Waals surface area contributed by atoms with Crippen molar-refractivity contribution in [2.45, 2.75) is 12.8 Å². The van der Waals surface area contributed by atoms with Crippen molar-refractivity contribution in [1.82, 2.24) is 4.98 Å². The van der Waals surface area contributed by atoms with Crippen LogP contribution in [0.25, 0.3) is 0 Å². The predicted molar refractivity (Wildman–Crippen MR) is 70.5 cm³/mol. The molecule has 1 aliphatic rings. The monoisotopic (exact) mass is 265 g/mol. The number of anilines is 1. The van der Waals surface area contributed by atoms with E-state index in [0.29, 0.717) is 18.8 Å². The summed E-state index contributed by atoms with van der Waals surface area (Å²) in [6.07, 6.45) is 3.14. The average molecular weight is 265 g/mol. The summed E-state index contributed by atoms with van der Waals surface area (Å²) in [5, 5.41) is 0. The molecule has 0 radical (unpaired) electrons. The van der Waals surface area contributed by atoms with Gasteiger partial charge in [0.15, 0.2) is 0 Å². The van der Waals surface area contributed by atoms with Crippen molar-refractivity contribution < 1.29 is 8.42 Å². The molecule has 5 nitrogen and oxygen atoms in total. The number of hydrogen-bond donors (Lipinski definition) is 1. The number of nitrogens with two attached hydrogens (primary N) is 1. The molecule has 18 heavy (non-hydrogen) atoms. The first kappa shape index (κ1) is 12.9. The SMILES string of the molecule is NCC#Cc1ccnc(N2CCCCS2(=O)=O)c1. The van der Waals surface area contributed by atoms with E-state index in [1.165, 1.54) is 4.31 Å². The summed E-state index contributed by atoms with van der Waals surface area (Å²) in [5.41, 5.74) is 6.03. The third-order valence-corrected chi connectivity index (χ3v) is 4.53. The number of aromatic nitrogens is 1. The van der Waals surface area contributed by atoms with Gasteiger partial charge in [0.2, 0.25) is 10.0 Å². The second-order valence-electron chi connectivity index (χ2n) is 4.00. The first-order valence-electron chi connectivity index (χ1n) is 5.79. The van der Waals surface area contributed by atoms with Gasteiger partial charge in [0.25, 0.3) is 0 Å². The van der Waals surface area contributed by atoms with E-state index in [2.05, 4.69) is 16.8 Å². The maximum Gasteiger partial charge on any atom is 0.236 e. The Labute approximate surface area is 107 Å². The van der Waals surface area contributed by atoms with E-state index in [1.54, 1.807) is 18.3 Å². The van der Waals surface area contributed by atoms with Gasteiger partial charge in [0.1, 0.15) is 5.82 Å². The summed E-state index contributed by atoms with van der Waals surface area (Å²) >= 11 is 0. The van der Waals surface area contributed by atoms with Crippen LogP contribution < -0.4 is 10.0 Å².